The number of rotatable bonds is 6. The summed E-state index contributed by atoms with van der Waals surface area (Å²) in [7, 11) is 1.56. The minimum atomic E-state index is -0.490. The summed E-state index contributed by atoms with van der Waals surface area (Å²) in [6, 6.07) is 13.0. The molecule has 10 heteroatoms. The summed E-state index contributed by atoms with van der Waals surface area (Å²) < 4.78 is 20.7. The van der Waals surface area contributed by atoms with E-state index in [0.29, 0.717) is 27.2 Å². The number of fused-ring (bicyclic) bond motifs is 1. The first-order valence-electron chi connectivity index (χ1n) is 9.09. The number of hydrogen-bond acceptors (Lipinski definition) is 7. The first-order valence-corrected chi connectivity index (χ1v) is 11.0. The Hall–Kier alpha value is -3.21. The van der Waals surface area contributed by atoms with Crippen molar-refractivity contribution in [2.45, 2.75) is 5.16 Å². The molecular formula is C21H17FN4O3S2. The van der Waals surface area contributed by atoms with E-state index < -0.39 is 11.7 Å². The van der Waals surface area contributed by atoms with Gasteiger partial charge in [0, 0.05) is 16.5 Å². The molecule has 0 aliphatic carbocycles. The summed E-state index contributed by atoms with van der Waals surface area (Å²) in [4.78, 5) is 30.4. The molecule has 0 bridgehead atoms. The first-order chi connectivity index (χ1) is 15.0. The number of nitrogens with two attached hydrogens (primary N) is 1. The van der Waals surface area contributed by atoms with Crippen molar-refractivity contribution in [2.24, 2.45) is 5.84 Å². The number of nitrogens with one attached hydrogen (secondary N) is 1. The zero-order valence-corrected chi connectivity index (χ0v) is 17.9. The highest BCUT2D eigenvalue weighted by atomic mass is 32.2. The zero-order valence-electron chi connectivity index (χ0n) is 16.3. The van der Waals surface area contributed by atoms with Crippen LogP contribution in [-0.4, -0.2) is 28.3 Å². The summed E-state index contributed by atoms with van der Waals surface area (Å²) in [5, 5.41) is 2.50. The minimum absolute atomic E-state index is 0.0471. The number of hydrazine groups is 1. The van der Waals surface area contributed by atoms with Gasteiger partial charge in [-0.2, -0.15) is 0 Å². The summed E-state index contributed by atoms with van der Waals surface area (Å²) >= 11 is 2.35. The van der Waals surface area contributed by atoms with Gasteiger partial charge in [0.15, 0.2) is 5.16 Å². The van der Waals surface area contributed by atoms with Gasteiger partial charge in [0.2, 0.25) is 5.91 Å². The van der Waals surface area contributed by atoms with Gasteiger partial charge in [0.25, 0.3) is 5.56 Å². The fraction of sp³-hybridized carbons (Fsp3) is 0.0952. The lowest BCUT2D eigenvalue weighted by Gasteiger charge is -2.13. The van der Waals surface area contributed by atoms with Gasteiger partial charge in [-0.05, 0) is 24.3 Å². The number of carbonyl (C=O) groups excluding carboxylic acids is 1. The van der Waals surface area contributed by atoms with E-state index in [4.69, 9.17) is 10.6 Å². The Kier molecular flexibility index (Phi) is 6.03. The van der Waals surface area contributed by atoms with Crippen molar-refractivity contribution in [1.82, 2.24) is 15.0 Å². The number of nitrogens with zero attached hydrogens (tertiary/aromatic N) is 2. The van der Waals surface area contributed by atoms with Gasteiger partial charge in [-0.25, -0.2) is 15.2 Å². The van der Waals surface area contributed by atoms with Crippen LogP contribution in [0.5, 0.6) is 5.75 Å². The van der Waals surface area contributed by atoms with Crippen LogP contribution in [-0.2, 0) is 4.79 Å². The fourth-order valence-corrected chi connectivity index (χ4v) is 4.95. The Labute approximate surface area is 184 Å². The molecule has 0 aliphatic rings. The van der Waals surface area contributed by atoms with Crippen LogP contribution in [0.15, 0.2) is 63.9 Å². The van der Waals surface area contributed by atoms with Crippen molar-refractivity contribution in [3.8, 4) is 22.6 Å². The molecular weight excluding hydrogens is 439 g/mol. The maximum absolute atomic E-state index is 13.9. The van der Waals surface area contributed by atoms with E-state index in [1.54, 1.807) is 13.2 Å². The van der Waals surface area contributed by atoms with E-state index in [2.05, 4.69) is 4.98 Å². The van der Waals surface area contributed by atoms with Gasteiger partial charge >= 0.3 is 0 Å². The molecule has 3 N–H and O–H groups in total. The highest BCUT2D eigenvalue weighted by molar-refractivity contribution is 7.99. The zero-order chi connectivity index (χ0) is 22.0. The first kappa shape index (κ1) is 21.0. The molecule has 0 atom stereocenters. The maximum atomic E-state index is 13.9. The molecule has 2 aromatic heterocycles. The summed E-state index contributed by atoms with van der Waals surface area (Å²) in [6.45, 7) is 0. The maximum Gasteiger partial charge on any atom is 0.268 e. The smallest absolute Gasteiger partial charge is 0.268 e. The number of para-hydroxylation sites is 1. The number of thiophene rings is 1. The third-order valence-corrected chi connectivity index (χ3v) is 6.34. The van der Waals surface area contributed by atoms with Crippen LogP contribution in [0, 0.1) is 5.82 Å². The van der Waals surface area contributed by atoms with Crippen molar-refractivity contribution in [3.63, 3.8) is 0 Å². The average molecular weight is 457 g/mol. The van der Waals surface area contributed by atoms with E-state index in [1.165, 1.54) is 34.1 Å². The van der Waals surface area contributed by atoms with Crippen molar-refractivity contribution in [1.29, 1.82) is 0 Å². The van der Waals surface area contributed by atoms with Gasteiger partial charge in [0.1, 0.15) is 16.4 Å². The number of halogens is 1. The molecule has 0 fully saturated rings. The standard InChI is InChI=1S/C21H17FN4O3S2/c1-29-16-8-3-2-7-14(16)15-10-30-19-18(15)20(28)26(13-6-4-5-12(22)9-13)21(24-19)31-11-17(27)25-23/h2-10H,11,23H2,1H3,(H,25,27). The van der Waals surface area contributed by atoms with Crippen molar-refractivity contribution in [2.75, 3.05) is 12.9 Å². The number of thioether (sulfide) groups is 1. The molecule has 0 saturated carbocycles. The molecule has 0 radical (unpaired) electrons. The molecule has 4 aromatic rings. The van der Waals surface area contributed by atoms with Crippen molar-refractivity contribution < 1.29 is 13.9 Å². The Morgan fingerprint density at radius 3 is 2.81 bits per heavy atom. The normalized spacial score (nSPS) is 10.9. The predicted octanol–water partition coefficient (Wildman–Crippen LogP) is 3.34. The van der Waals surface area contributed by atoms with Gasteiger partial charge in [-0.15, -0.1) is 11.3 Å². The van der Waals surface area contributed by atoms with E-state index >= 15 is 0 Å². The minimum Gasteiger partial charge on any atom is -0.496 e. The lowest BCUT2D eigenvalue weighted by Crippen LogP contribution is -2.32. The highest BCUT2D eigenvalue weighted by Gasteiger charge is 2.20. The molecule has 1 amide bonds. The molecule has 4 rings (SSSR count). The lowest BCUT2D eigenvalue weighted by molar-refractivity contribution is -0.118. The third kappa shape index (κ3) is 4.05. The van der Waals surface area contributed by atoms with Crippen LogP contribution in [0.2, 0.25) is 0 Å². The van der Waals surface area contributed by atoms with Crippen LogP contribution in [0.4, 0.5) is 4.39 Å². The number of methoxy groups -OCH3 is 1. The monoisotopic (exact) mass is 456 g/mol. The van der Waals surface area contributed by atoms with Crippen LogP contribution in [0.25, 0.3) is 27.0 Å². The Morgan fingerprint density at radius 2 is 2.06 bits per heavy atom. The largest absolute Gasteiger partial charge is 0.496 e. The summed E-state index contributed by atoms with van der Waals surface area (Å²) in [6.07, 6.45) is 0. The predicted molar refractivity (Wildman–Crippen MR) is 120 cm³/mol. The van der Waals surface area contributed by atoms with Gasteiger partial charge in [0.05, 0.1) is 23.9 Å². The van der Waals surface area contributed by atoms with Crippen LogP contribution in [0.3, 0.4) is 0 Å². The number of benzene rings is 2. The number of carbonyl (C=O) groups is 1. The van der Waals surface area contributed by atoms with Crippen molar-refractivity contribution >= 4 is 39.2 Å². The number of ether oxygens (including phenoxy) is 1. The Balaban J connectivity index is 1.98. The fourth-order valence-electron chi connectivity index (χ4n) is 3.15. The molecule has 0 unspecified atom stereocenters. The molecule has 2 aromatic carbocycles. The lowest BCUT2D eigenvalue weighted by atomic mass is 10.1. The number of hydrogen-bond donors (Lipinski definition) is 2. The molecule has 0 saturated heterocycles. The summed E-state index contributed by atoms with van der Waals surface area (Å²) in [5.41, 5.74) is 3.42. The Morgan fingerprint density at radius 1 is 1.26 bits per heavy atom. The SMILES string of the molecule is COc1ccccc1-c1csc2nc(SCC(=O)NN)n(-c3cccc(F)c3)c(=O)c12. The highest BCUT2D eigenvalue weighted by Crippen LogP contribution is 2.37. The van der Waals surface area contributed by atoms with Crippen LogP contribution < -0.4 is 21.6 Å². The molecule has 0 spiro atoms. The van der Waals surface area contributed by atoms with Gasteiger partial charge < -0.3 is 4.74 Å². The second-order valence-electron chi connectivity index (χ2n) is 6.40. The van der Waals surface area contributed by atoms with E-state index in [1.807, 2.05) is 35.1 Å². The topological polar surface area (TPSA) is 99.2 Å². The molecule has 7 nitrogen and oxygen atoms in total. The quantitative estimate of drug-likeness (QED) is 0.152. The Bertz CT molecular complexity index is 1340. The average Bonchev–Trinajstić information content (AvgIpc) is 3.21. The molecule has 0 aliphatic heterocycles. The van der Waals surface area contributed by atoms with Gasteiger partial charge in [-0.1, -0.05) is 36.0 Å². The van der Waals surface area contributed by atoms with Crippen LogP contribution in [0.1, 0.15) is 0 Å². The second-order valence-corrected chi connectivity index (χ2v) is 8.20. The molecule has 2 heterocycles. The van der Waals surface area contributed by atoms with E-state index in [9.17, 15) is 14.0 Å². The van der Waals surface area contributed by atoms with Crippen LogP contribution >= 0.6 is 23.1 Å². The third-order valence-electron chi connectivity index (χ3n) is 4.53. The van der Waals surface area contributed by atoms with E-state index in [-0.39, 0.29) is 16.5 Å². The number of amides is 1. The van der Waals surface area contributed by atoms with E-state index in [0.717, 1.165) is 17.3 Å². The van der Waals surface area contributed by atoms with Gasteiger partial charge in [-0.3, -0.25) is 19.6 Å². The van der Waals surface area contributed by atoms with Crippen molar-refractivity contribution in [3.05, 3.63) is 70.1 Å². The molecule has 158 valence electrons. The second kappa shape index (κ2) is 8.88. The number of aromatic nitrogens is 2. The molecule has 31 heavy (non-hydrogen) atoms. The summed E-state index contributed by atoms with van der Waals surface area (Å²) in [5.74, 6) is 4.82.